The van der Waals surface area contributed by atoms with E-state index < -0.39 is 27.7 Å². The van der Waals surface area contributed by atoms with E-state index >= 15 is 0 Å². The average molecular weight is 245 g/mol. The Morgan fingerprint density at radius 3 is 2.56 bits per heavy atom. The van der Waals surface area contributed by atoms with Crippen molar-refractivity contribution in [3.8, 4) is 0 Å². The summed E-state index contributed by atoms with van der Waals surface area (Å²) in [6.45, 7) is 10.8. The van der Waals surface area contributed by atoms with Gasteiger partial charge in [0.2, 0.25) is 0 Å². The van der Waals surface area contributed by atoms with Crippen LogP contribution in [0.3, 0.4) is 0 Å². The van der Waals surface area contributed by atoms with Gasteiger partial charge in [0, 0.05) is 0 Å². The van der Waals surface area contributed by atoms with Crippen LogP contribution in [0, 0.1) is 0 Å². The number of rotatable bonds is 5. The highest BCUT2D eigenvalue weighted by Gasteiger charge is 2.25. The van der Waals surface area contributed by atoms with Crippen molar-refractivity contribution >= 4 is 17.0 Å². The van der Waals surface area contributed by atoms with Gasteiger partial charge in [0.25, 0.3) is 0 Å². The van der Waals surface area contributed by atoms with Crippen molar-refractivity contribution in [1.82, 2.24) is 4.72 Å². The lowest BCUT2D eigenvalue weighted by Gasteiger charge is -2.21. The Hall–Kier alpha value is -0.900. The van der Waals surface area contributed by atoms with Crippen LogP contribution in [0.4, 0.5) is 0 Å². The standard InChI is InChI=1S/C11H19NO3S/c1-6-8-9(10(13)15-7-2)12-16(14)11(3,4)5/h8-9,12H,1,7H2,2-5H3/t9-,16?/m0/s1. The van der Waals surface area contributed by atoms with Crippen LogP contribution in [0.2, 0.25) is 0 Å². The molecular formula is C11H19NO3S. The van der Waals surface area contributed by atoms with Gasteiger partial charge in [-0.3, -0.25) is 0 Å². The molecule has 0 radical (unpaired) electrons. The van der Waals surface area contributed by atoms with E-state index in [4.69, 9.17) is 4.74 Å². The minimum absolute atomic E-state index is 0.282. The fraction of sp³-hybridized carbons (Fsp3) is 0.636. The molecule has 4 nitrogen and oxygen atoms in total. The number of ether oxygens (including phenoxy) is 1. The molecule has 0 spiro atoms. The van der Waals surface area contributed by atoms with Crippen LogP contribution in [0.5, 0.6) is 0 Å². The molecular weight excluding hydrogens is 226 g/mol. The molecule has 2 atom stereocenters. The molecule has 92 valence electrons. The quantitative estimate of drug-likeness (QED) is 0.587. The summed E-state index contributed by atoms with van der Waals surface area (Å²) in [5.41, 5.74) is 2.49. The second-order valence-electron chi connectivity index (χ2n) is 4.10. The number of hydrogen-bond donors (Lipinski definition) is 1. The first-order valence-electron chi connectivity index (χ1n) is 5.03. The fourth-order valence-corrected chi connectivity index (χ4v) is 1.54. The van der Waals surface area contributed by atoms with E-state index in [0.29, 0.717) is 0 Å². The highest BCUT2D eigenvalue weighted by atomic mass is 32.2. The summed E-state index contributed by atoms with van der Waals surface area (Å²) >= 11 is 0. The van der Waals surface area contributed by atoms with Crippen LogP contribution in [0.25, 0.3) is 0 Å². The van der Waals surface area contributed by atoms with E-state index in [1.165, 1.54) is 6.08 Å². The van der Waals surface area contributed by atoms with Crippen LogP contribution in [-0.2, 0) is 20.5 Å². The minimum Gasteiger partial charge on any atom is -0.465 e. The number of hydrogen-bond acceptors (Lipinski definition) is 3. The molecule has 0 saturated carbocycles. The molecule has 0 aliphatic rings. The molecule has 0 aromatic heterocycles. The lowest BCUT2D eigenvalue weighted by atomic mass is 10.3. The molecule has 0 rings (SSSR count). The largest absolute Gasteiger partial charge is 0.465 e. The molecule has 0 aromatic rings. The lowest BCUT2D eigenvalue weighted by Crippen LogP contribution is -2.43. The van der Waals surface area contributed by atoms with Gasteiger partial charge in [0.15, 0.2) is 0 Å². The van der Waals surface area contributed by atoms with Gasteiger partial charge >= 0.3 is 5.97 Å². The van der Waals surface area contributed by atoms with Crippen molar-refractivity contribution < 1.29 is 13.7 Å². The van der Waals surface area contributed by atoms with Crippen molar-refractivity contribution in [2.24, 2.45) is 0 Å². The predicted octanol–water partition coefficient (Wildman–Crippen LogP) is 1.31. The topological polar surface area (TPSA) is 55.4 Å². The molecule has 16 heavy (non-hydrogen) atoms. The Bertz CT molecular complexity index is 314. The molecule has 0 aliphatic heterocycles. The predicted molar refractivity (Wildman–Crippen MR) is 65.2 cm³/mol. The minimum atomic E-state index is -1.34. The van der Waals surface area contributed by atoms with Crippen LogP contribution >= 0.6 is 0 Å². The highest BCUT2D eigenvalue weighted by Crippen LogP contribution is 2.09. The van der Waals surface area contributed by atoms with Gasteiger partial charge in [-0.15, -0.1) is 5.73 Å². The maximum absolute atomic E-state index is 11.8. The van der Waals surface area contributed by atoms with Gasteiger partial charge < -0.3 is 4.74 Å². The van der Waals surface area contributed by atoms with E-state index in [1.54, 1.807) is 6.92 Å². The second-order valence-corrected chi connectivity index (χ2v) is 6.10. The molecule has 0 saturated heterocycles. The van der Waals surface area contributed by atoms with Crippen LogP contribution in [0.15, 0.2) is 18.4 Å². The third kappa shape index (κ3) is 5.26. The van der Waals surface area contributed by atoms with Crippen molar-refractivity contribution in [3.05, 3.63) is 18.4 Å². The first-order valence-corrected chi connectivity index (χ1v) is 6.18. The summed E-state index contributed by atoms with van der Waals surface area (Å²) in [7, 11) is -1.34. The van der Waals surface area contributed by atoms with E-state index in [2.05, 4.69) is 17.0 Å². The summed E-state index contributed by atoms with van der Waals surface area (Å²) < 4.78 is 18.9. The molecule has 0 amide bonds. The zero-order chi connectivity index (χ0) is 12.8. The third-order valence-corrected chi connectivity index (χ3v) is 3.20. The number of carbonyl (C=O) groups is 1. The van der Waals surface area contributed by atoms with E-state index in [1.807, 2.05) is 20.8 Å². The maximum Gasteiger partial charge on any atom is 0.328 e. The second kappa shape index (κ2) is 6.63. The first kappa shape index (κ1) is 15.1. The number of esters is 1. The van der Waals surface area contributed by atoms with E-state index in [-0.39, 0.29) is 6.61 Å². The summed E-state index contributed by atoms with van der Waals surface area (Å²) in [6, 6.07) is -0.766. The monoisotopic (exact) mass is 245 g/mol. The Kier molecular flexibility index (Phi) is 6.26. The van der Waals surface area contributed by atoms with Crippen LogP contribution in [0.1, 0.15) is 27.7 Å². The molecule has 1 unspecified atom stereocenters. The Labute approximate surface area is 99.3 Å². The zero-order valence-electron chi connectivity index (χ0n) is 10.2. The third-order valence-electron chi connectivity index (χ3n) is 1.62. The van der Waals surface area contributed by atoms with Gasteiger partial charge in [-0.25, -0.2) is 13.7 Å². The lowest BCUT2D eigenvalue weighted by molar-refractivity contribution is -0.143. The van der Waals surface area contributed by atoms with Crippen molar-refractivity contribution in [1.29, 1.82) is 0 Å². The van der Waals surface area contributed by atoms with Crippen molar-refractivity contribution in [2.75, 3.05) is 6.61 Å². The number of carbonyl (C=O) groups excluding carboxylic acids is 1. The van der Waals surface area contributed by atoms with Crippen molar-refractivity contribution in [2.45, 2.75) is 38.5 Å². The molecule has 0 fully saturated rings. The summed E-state index contributed by atoms with van der Waals surface area (Å²) in [5.74, 6) is -0.476. The smallest absolute Gasteiger partial charge is 0.328 e. The normalized spacial score (nSPS) is 14.8. The summed E-state index contributed by atoms with van der Waals surface area (Å²) in [6.07, 6.45) is 1.40. The Morgan fingerprint density at radius 2 is 2.19 bits per heavy atom. The molecule has 0 heterocycles. The molecule has 1 N–H and O–H groups in total. The highest BCUT2D eigenvalue weighted by molar-refractivity contribution is 7.84. The molecule has 0 aliphatic carbocycles. The molecule has 0 aromatic carbocycles. The Balaban J connectivity index is 4.64. The SMILES string of the molecule is C=C=C[C@H](NS(=O)C(C)(C)C)C(=O)OCC. The van der Waals surface area contributed by atoms with Gasteiger partial charge in [-0.2, -0.15) is 0 Å². The van der Waals surface area contributed by atoms with E-state index in [0.717, 1.165) is 0 Å². The maximum atomic E-state index is 11.8. The van der Waals surface area contributed by atoms with Gasteiger partial charge in [-0.1, -0.05) is 6.58 Å². The van der Waals surface area contributed by atoms with Crippen LogP contribution in [-0.4, -0.2) is 27.6 Å². The number of nitrogens with one attached hydrogen (secondary N) is 1. The molecule has 0 bridgehead atoms. The first-order chi connectivity index (χ1) is 7.32. The van der Waals surface area contributed by atoms with Gasteiger partial charge in [0.05, 0.1) is 22.3 Å². The van der Waals surface area contributed by atoms with Gasteiger partial charge in [-0.05, 0) is 33.8 Å². The average Bonchev–Trinajstić information content (AvgIpc) is 2.15. The van der Waals surface area contributed by atoms with Crippen molar-refractivity contribution in [3.63, 3.8) is 0 Å². The summed E-state index contributed by atoms with van der Waals surface area (Å²) in [4.78, 5) is 11.5. The van der Waals surface area contributed by atoms with E-state index in [9.17, 15) is 9.00 Å². The molecule has 5 heteroatoms. The van der Waals surface area contributed by atoms with Gasteiger partial charge in [0.1, 0.15) is 6.04 Å². The summed E-state index contributed by atoms with van der Waals surface area (Å²) in [5, 5.41) is 0. The zero-order valence-corrected chi connectivity index (χ0v) is 11.0. The fourth-order valence-electron chi connectivity index (χ4n) is 0.792. The van der Waals surface area contributed by atoms with Crippen LogP contribution < -0.4 is 4.72 Å². The Morgan fingerprint density at radius 1 is 1.62 bits per heavy atom.